The fourth-order valence-electron chi connectivity index (χ4n) is 3.08. The van der Waals surface area contributed by atoms with Crippen LogP contribution in [0.2, 0.25) is 0 Å². The third kappa shape index (κ3) is 3.92. The number of halogens is 3. The van der Waals surface area contributed by atoms with Crippen LogP contribution in [0.4, 0.5) is 13.2 Å². The van der Waals surface area contributed by atoms with Crippen LogP contribution >= 0.6 is 0 Å². The van der Waals surface area contributed by atoms with Crippen LogP contribution < -0.4 is 0 Å². The Kier molecular flexibility index (Phi) is 4.66. The van der Waals surface area contributed by atoms with Gasteiger partial charge in [0.1, 0.15) is 0 Å². The van der Waals surface area contributed by atoms with Gasteiger partial charge in [0.25, 0.3) is 0 Å². The summed E-state index contributed by atoms with van der Waals surface area (Å²) in [4.78, 5) is 13.5. The normalized spacial score (nSPS) is 14.1. The first-order valence-corrected chi connectivity index (χ1v) is 8.05. The molecule has 0 bridgehead atoms. The van der Waals surface area contributed by atoms with Gasteiger partial charge in [0.15, 0.2) is 0 Å². The highest BCUT2D eigenvalue weighted by atomic mass is 19.4. The van der Waals surface area contributed by atoms with Crippen molar-refractivity contribution in [3.05, 3.63) is 82.9 Å². The predicted octanol–water partition coefficient (Wildman–Crippen LogP) is 4.37. The first kappa shape index (κ1) is 17.3. The Labute approximate surface area is 144 Å². The molecule has 1 heterocycles. The molecule has 0 saturated heterocycles. The Morgan fingerprint density at radius 3 is 2.40 bits per heavy atom. The van der Waals surface area contributed by atoms with E-state index in [4.69, 9.17) is 0 Å². The quantitative estimate of drug-likeness (QED) is 0.757. The van der Waals surface area contributed by atoms with Gasteiger partial charge >= 0.3 is 6.18 Å². The monoisotopic (exact) mass is 345 g/mol. The highest BCUT2D eigenvalue weighted by molar-refractivity contribution is 5.87. The molecule has 0 aromatic heterocycles. The third-order valence-corrected chi connectivity index (χ3v) is 4.46. The molecule has 130 valence electrons. The van der Waals surface area contributed by atoms with Crippen molar-refractivity contribution in [3.8, 4) is 0 Å². The molecule has 0 spiro atoms. The lowest BCUT2D eigenvalue weighted by Crippen LogP contribution is -2.34. The first-order valence-electron chi connectivity index (χ1n) is 8.05. The van der Waals surface area contributed by atoms with Gasteiger partial charge < -0.3 is 4.90 Å². The van der Waals surface area contributed by atoms with Gasteiger partial charge in [-0.25, -0.2) is 0 Å². The van der Waals surface area contributed by atoms with E-state index in [1.54, 1.807) is 4.90 Å². The maximum Gasteiger partial charge on any atom is 0.416 e. The number of amides is 1. The first-order chi connectivity index (χ1) is 11.9. The summed E-state index contributed by atoms with van der Waals surface area (Å²) < 4.78 is 37.9. The van der Waals surface area contributed by atoms with E-state index in [0.29, 0.717) is 19.5 Å². The minimum Gasteiger partial charge on any atom is -0.335 e. The molecule has 0 aliphatic carbocycles. The van der Waals surface area contributed by atoms with E-state index >= 15 is 0 Å². The zero-order valence-corrected chi connectivity index (χ0v) is 13.6. The minimum absolute atomic E-state index is 0.0845. The Bertz CT molecular complexity index is 794. The molecule has 3 rings (SSSR count). The number of alkyl halides is 3. The summed E-state index contributed by atoms with van der Waals surface area (Å²) in [7, 11) is 0. The molecule has 0 saturated carbocycles. The average molecular weight is 345 g/mol. The van der Waals surface area contributed by atoms with E-state index in [2.05, 4.69) is 6.58 Å². The number of nitrogens with zero attached hydrogens (tertiary/aromatic N) is 1. The van der Waals surface area contributed by atoms with E-state index in [0.717, 1.165) is 35.2 Å². The third-order valence-electron chi connectivity index (χ3n) is 4.46. The van der Waals surface area contributed by atoms with Crippen molar-refractivity contribution >= 4 is 5.91 Å². The zero-order valence-electron chi connectivity index (χ0n) is 13.6. The second-order valence-electron chi connectivity index (χ2n) is 6.19. The van der Waals surface area contributed by atoms with Gasteiger partial charge in [0.05, 0.1) is 5.56 Å². The molecule has 5 heteroatoms. The van der Waals surface area contributed by atoms with Crippen molar-refractivity contribution in [1.29, 1.82) is 0 Å². The maximum absolute atomic E-state index is 12.6. The average Bonchev–Trinajstić information content (AvgIpc) is 2.60. The number of hydrogen-bond donors (Lipinski definition) is 0. The standard InChI is InChI=1S/C20H18F3NO/c1-2-19(25)24-10-9-16-6-3-15(12-17(16)13-24)11-14-4-7-18(8-5-14)20(21,22)23/h2-8,12H,1,9-11,13H2. The van der Waals surface area contributed by atoms with E-state index in [1.165, 1.54) is 23.8 Å². The van der Waals surface area contributed by atoms with E-state index in [-0.39, 0.29) is 5.91 Å². The van der Waals surface area contributed by atoms with Crippen molar-refractivity contribution < 1.29 is 18.0 Å². The maximum atomic E-state index is 12.6. The lowest BCUT2D eigenvalue weighted by Gasteiger charge is -2.28. The zero-order chi connectivity index (χ0) is 18.0. The number of carbonyl (C=O) groups excluding carboxylic acids is 1. The van der Waals surface area contributed by atoms with Gasteiger partial charge in [-0.1, -0.05) is 36.9 Å². The lowest BCUT2D eigenvalue weighted by atomic mass is 9.94. The molecule has 1 amide bonds. The molecule has 25 heavy (non-hydrogen) atoms. The van der Waals surface area contributed by atoms with E-state index in [1.807, 2.05) is 18.2 Å². The summed E-state index contributed by atoms with van der Waals surface area (Å²) in [6, 6.07) is 11.3. The number of hydrogen-bond acceptors (Lipinski definition) is 1. The fraction of sp³-hybridized carbons (Fsp3) is 0.250. The molecule has 1 aliphatic heterocycles. The van der Waals surface area contributed by atoms with Crippen LogP contribution in [0, 0.1) is 0 Å². The van der Waals surface area contributed by atoms with Crippen LogP contribution in [0.25, 0.3) is 0 Å². The molecule has 2 nitrogen and oxygen atoms in total. The SMILES string of the molecule is C=CC(=O)N1CCc2ccc(Cc3ccc(C(F)(F)F)cc3)cc2C1. The van der Waals surface area contributed by atoms with Gasteiger partial charge in [-0.05, 0) is 53.3 Å². The van der Waals surface area contributed by atoms with Crippen LogP contribution in [-0.2, 0) is 30.4 Å². The Morgan fingerprint density at radius 1 is 1.08 bits per heavy atom. The molecular formula is C20H18F3NO. The topological polar surface area (TPSA) is 20.3 Å². The van der Waals surface area contributed by atoms with Crippen molar-refractivity contribution in [2.75, 3.05) is 6.54 Å². The number of benzene rings is 2. The summed E-state index contributed by atoms with van der Waals surface area (Å²) in [5.74, 6) is -0.0845. The van der Waals surface area contributed by atoms with Crippen LogP contribution in [0.3, 0.4) is 0 Å². The summed E-state index contributed by atoms with van der Waals surface area (Å²) in [6.45, 7) is 4.74. The fourth-order valence-corrected chi connectivity index (χ4v) is 3.08. The largest absolute Gasteiger partial charge is 0.416 e. The lowest BCUT2D eigenvalue weighted by molar-refractivity contribution is -0.137. The Morgan fingerprint density at radius 2 is 1.76 bits per heavy atom. The van der Waals surface area contributed by atoms with Crippen LogP contribution in [0.15, 0.2) is 55.1 Å². The highest BCUT2D eigenvalue weighted by Crippen LogP contribution is 2.29. The van der Waals surface area contributed by atoms with Crippen LogP contribution in [-0.4, -0.2) is 17.4 Å². The molecule has 0 unspecified atom stereocenters. The smallest absolute Gasteiger partial charge is 0.335 e. The number of carbonyl (C=O) groups is 1. The van der Waals surface area contributed by atoms with Crippen molar-refractivity contribution in [1.82, 2.24) is 4.90 Å². The minimum atomic E-state index is -4.31. The summed E-state index contributed by atoms with van der Waals surface area (Å²) in [5, 5.41) is 0. The second-order valence-corrected chi connectivity index (χ2v) is 6.19. The van der Waals surface area contributed by atoms with Crippen molar-refractivity contribution in [2.45, 2.75) is 25.6 Å². The van der Waals surface area contributed by atoms with E-state index < -0.39 is 11.7 Å². The molecule has 0 N–H and O–H groups in total. The molecule has 1 aliphatic rings. The van der Waals surface area contributed by atoms with Crippen LogP contribution in [0.1, 0.15) is 27.8 Å². The van der Waals surface area contributed by atoms with Crippen LogP contribution in [0.5, 0.6) is 0 Å². The van der Waals surface area contributed by atoms with E-state index in [9.17, 15) is 18.0 Å². The molecular weight excluding hydrogens is 327 g/mol. The molecule has 0 radical (unpaired) electrons. The van der Waals surface area contributed by atoms with Gasteiger partial charge in [-0.2, -0.15) is 13.2 Å². The Hall–Kier alpha value is -2.56. The second kappa shape index (κ2) is 6.75. The van der Waals surface area contributed by atoms with Gasteiger partial charge in [0, 0.05) is 13.1 Å². The molecule has 0 atom stereocenters. The molecule has 0 fully saturated rings. The Balaban J connectivity index is 1.76. The summed E-state index contributed by atoms with van der Waals surface area (Å²) in [5.41, 5.74) is 3.50. The van der Waals surface area contributed by atoms with Gasteiger partial charge in [-0.3, -0.25) is 4.79 Å². The molecule has 2 aromatic carbocycles. The van der Waals surface area contributed by atoms with Gasteiger partial charge in [-0.15, -0.1) is 0 Å². The highest BCUT2D eigenvalue weighted by Gasteiger charge is 2.29. The number of rotatable bonds is 3. The molecule has 2 aromatic rings. The van der Waals surface area contributed by atoms with Crippen molar-refractivity contribution in [3.63, 3.8) is 0 Å². The summed E-state index contributed by atoms with van der Waals surface area (Å²) >= 11 is 0. The van der Waals surface area contributed by atoms with Crippen molar-refractivity contribution in [2.24, 2.45) is 0 Å². The summed E-state index contributed by atoms with van der Waals surface area (Å²) in [6.07, 6.45) is -1.64. The number of fused-ring (bicyclic) bond motifs is 1. The van der Waals surface area contributed by atoms with Gasteiger partial charge in [0.2, 0.25) is 5.91 Å². The predicted molar refractivity (Wildman–Crippen MR) is 90.0 cm³/mol.